The van der Waals surface area contributed by atoms with E-state index in [-0.39, 0.29) is 29.4 Å². The second kappa shape index (κ2) is 9.34. The maximum Gasteiger partial charge on any atom is 0.234 e. The SMILES string of the molecule is CC(=O)c1ccc(NC(=O)CSc2nnc3n2C(c2ccc(F)cc2)N(C)c2ccccc2-3)cc1. The first-order chi connectivity index (χ1) is 16.9. The topological polar surface area (TPSA) is 80.1 Å². The van der Waals surface area contributed by atoms with Gasteiger partial charge >= 0.3 is 0 Å². The molecular weight excluding hydrogens is 465 g/mol. The van der Waals surface area contributed by atoms with Crippen molar-refractivity contribution in [2.24, 2.45) is 0 Å². The molecule has 0 spiro atoms. The van der Waals surface area contributed by atoms with Gasteiger partial charge in [0.15, 0.2) is 16.8 Å². The molecule has 0 aliphatic carbocycles. The zero-order valence-electron chi connectivity index (χ0n) is 19.1. The van der Waals surface area contributed by atoms with E-state index in [0.717, 1.165) is 16.8 Å². The van der Waals surface area contributed by atoms with Gasteiger partial charge in [-0.05, 0) is 61.0 Å². The minimum absolute atomic E-state index is 0.0303. The summed E-state index contributed by atoms with van der Waals surface area (Å²) in [6, 6.07) is 21.1. The van der Waals surface area contributed by atoms with Crippen LogP contribution in [0.3, 0.4) is 0 Å². The number of halogens is 1. The van der Waals surface area contributed by atoms with E-state index in [1.54, 1.807) is 36.4 Å². The van der Waals surface area contributed by atoms with Gasteiger partial charge in [-0.1, -0.05) is 36.0 Å². The third-order valence-electron chi connectivity index (χ3n) is 5.88. The van der Waals surface area contributed by atoms with Gasteiger partial charge in [0.1, 0.15) is 12.0 Å². The highest BCUT2D eigenvalue weighted by Gasteiger charge is 2.33. The van der Waals surface area contributed by atoms with Gasteiger partial charge in [-0.15, -0.1) is 10.2 Å². The van der Waals surface area contributed by atoms with E-state index < -0.39 is 0 Å². The van der Waals surface area contributed by atoms with Crippen LogP contribution in [0.15, 0.2) is 78.0 Å². The van der Waals surface area contributed by atoms with E-state index >= 15 is 0 Å². The molecule has 176 valence electrons. The summed E-state index contributed by atoms with van der Waals surface area (Å²) in [5, 5.41) is 12.3. The number of rotatable bonds is 6. The highest BCUT2D eigenvalue weighted by Crippen LogP contribution is 2.43. The number of amides is 1. The van der Waals surface area contributed by atoms with Crippen LogP contribution < -0.4 is 10.2 Å². The highest BCUT2D eigenvalue weighted by atomic mass is 32.2. The van der Waals surface area contributed by atoms with Crippen molar-refractivity contribution in [3.05, 3.63) is 89.7 Å². The smallest absolute Gasteiger partial charge is 0.234 e. The molecule has 7 nitrogen and oxygen atoms in total. The largest absolute Gasteiger partial charge is 0.350 e. The van der Waals surface area contributed by atoms with Crippen molar-refractivity contribution in [2.75, 3.05) is 23.0 Å². The number of ketones is 1. The molecule has 0 saturated heterocycles. The maximum atomic E-state index is 13.6. The van der Waals surface area contributed by atoms with Crippen LogP contribution in [0.1, 0.15) is 29.0 Å². The Morgan fingerprint density at radius 1 is 1.00 bits per heavy atom. The number of nitrogens with zero attached hydrogens (tertiary/aromatic N) is 4. The number of carbonyl (C=O) groups is 2. The number of benzene rings is 3. The number of fused-ring (bicyclic) bond motifs is 3. The first-order valence-electron chi connectivity index (χ1n) is 11.0. The summed E-state index contributed by atoms with van der Waals surface area (Å²) >= 11 is 1.28. The average Bonchev–Trinajstić information content (AvgIpc) is 3.28. The van der Waals surface area contributed by atoms with Crippen LogP contribution in [-0.4, -0.2) is 39.3 Å². The molecule has 0 bridgehead atoms. The van der Waals surface area contributed by atoms with Crippen molar-refractivity contribution >= 4 is 34.8 Å². The van der Waals surface area contributed by atoms with E-state index in [4.69, 9.17) is 0 Å². The van der Waals surface area contributed by atoms with Crippen LogP contribution in [0.2, 0.25) is 0 Å². The van der Waals surface area contributed by atoms with Crippen molar-refractivity contribution in [2.45, 2.75) is 18.2 Å². The molecule has 1 aliphatic rings. The Morgan fingerprint density at radius 2 is 1.71 bits per heavy atom. The lowest BCUT2D eigenvalue weighted by Gasteiger charge is -2.37. The number of para-hydroxylation sites is 1. The van der Waals surface area contributed by atoms with E-state index in [1.807, 2.05) is 35.9 Å². The lowest BCUT2D eigenvalue weighted by Crippen LogP contribution is -2.34. The van der Waals surface area contributed by atoms with Gasteiger partial charge in [0.05, 0.1) is 5.75 Å². The van der Waals surface area contributed by atoms with E-state index in [1.165, 1.54) is 30.8 Å². The zero-order chi connectivity index (χ0) is 24.5. The quantitative estimate of drug-likeness (QED) is 0.304. The van der Waals surface area contributed by atoms with Crippen molar-refractivity contribution < 1.29 is 14.0 Å². The standard InChI is InChI=1S/C26H22FN5O2S/c1-16(33)17-9-13-20(14-10-17)28-23(34)15-35-26-30-29-24-21-5-3-4-6-22(21)31(2)25(32(24)26)18-7-11-19(27)12-8-18/h3-14,25H,15H2,1-2H3,(H,28,34). The number of anilines is 2. The highest BCUT2D eigenvalue weighted by molar-refractivity contribution is 7.99. The van der Waals surface area contributed by atoms with Crippen molar-refractivity contribution in [1.29, 1.82) is 0 Å². The summed E-state index contributed by atoms with van der Waals surface area (Å²) in [7, 11) is 1.97. The van der Waals surface area contributed by atoms with Gasteiger partial charge in [-0.2, -0.15) is 0 Å². The Kier molecular flexibility index (Phi) is 6.08. The molecule has 0 radical (unpaired) electrons. The van der Waals surface area contributed by atoms with Gasteiger partial charge in [0.2, 0.25) is 5.91 Å². The van der Waals surface area contributed by atoms with E-state index in [0.29, 0.717) is 22.2 Å². The molecule has 1 aromatic heterocycles. The summed E-state index contributed by atoms with van der Waals surface area (Å²) in [6.45, 7) is 1.50. The van der Waals surface area contributed by atoms with Gasteiger partial charge in [-0.25, -0.2) is 4.39 Å². The molecule has 1 aliphatic heterocycles. The molecule has 3 aromatic carbocycles. The molecule has 0 fully saturated rings. The summed E-state index contributed by atoms with van der Waals surface area (Å²) < 4.78 is 15.6. The van der Waals surface area contributed by atoms with Crippen molar-refractivity contribution in [3.63, 3.8) is 0 Å². The summed E-state index contributed by atoms with van der Waals surface area (Å²) in [5.41, 5.74) is 4.00. The van der Waals surface area contributed by atoms with Gasteiger partial charge in [-0.3, -0.25) is 14.2 Å². The predicted molar refractivity (Wildman–Crippen MR) is 134 cm³/mol. The lowest BCUT2D eigenvalue weighted by atomic mass is 10.0. The fraction of sp³-hybridized carbons (Fsp3) is 0.154. The van der Waals surface area contributed by atoms with Crippen LogP contribution >= 0.6 is 11.8 Å². The van der Waals surface area contributed by atoms with Gasteiger partial charge < -0.3 is 10.2 Å². The number of aromatic nitrogens is 3. The van der Waals surface area contributed by atoms with Crippen LogP contribution in [-0.2, 0) is 4.79 Å². The number of hydrogen-bond donors (Lipinski definition) is 1. The Labute approximate surface area is 206 Å². The van der Waals surface area contributed by atoms with Crippen molar-refractivity contribution in [3.8, 4) is 11.4 Å². The number of Topliss-reactive ketones (excluding diaryl/α,β-unsaturated/α-hetero) is 1. The first-order valence-corrected chi connectivity index (χ1v) is 12.0. The summed E-state index contributed by atoms with van der Waals surface area (Å²) in [5.74, 6) is 0.270. The molecule has 4 aromatic rings. The number of nitrogens with one attached hydrogen (secondary N) is 1. The van der Waals surface area contributed by atoms with E-state index in [2.05, 4.69) is 20.4 Å². The number of carbonyl (C=O) groups excluding carboxylic acids is 2. The Bertz CT molecular complexity index is 1400. The minimum Gasteiger partial charge on any atom is -0.350 e. The second-order valence-electron chi connectivity index (χ2n) is 8.20. The Balaban J connectivity index is 1.41. The average molecular weight is 488 g/mol. The lowest BCUT2D eigenvalue weighted by molar-refractivity contribution is -0.113. The van der Waals surface area contributed by atoms with Crippen LogP contribution in [0.5, 0.6) is 0 Å². The van der Waals surface area contributed by atoms with Gasteiger partial charge in [0.25, 0.3) is 0 Å². The number of thioether (sulfide) groups is 1. The molecule has 1 atom stereocenters. The molecule has 1 amide bonds. The van der Waals surface area contributed by atoms with Crippen LogP contribution in [0.4, 0.5) is 15.8 Å². The fourth-order valence-electron chi connectivity index (χ4n) is 4.18. The molecule has 9 heteroatoms. The summed E-state index contributed by atoms with van der Waals surface area (Å²) in [4.78, 5) is 26.2. The van der Waals surface area contributed by atoms with Crippen LogP contribution in [0, 0.1) is 5.82 Å². The molecule has 1 unspecified atom stereocenters. The van der Waals surface area contributed by atoms with Crippen LogP contribution in [0.25, 0.3) is 11.4 Å². The fourth-order valence-corrected chi connectivity index (χ4v) is 4.93. The Hall–Kier alpha value is -3.98. The molecule has 0 saturated carbocycles. The normalized spacial score (nSPS) is 14.3. The molecule has 35 heavy (non-hydrogen) atoms. The zero-order valence-corrected chi connectivity index (χ0v) is 19.9. The van der Waals surface area contributed by atoms with Gasteiger partial charge in [0, 0.05) is 29.5 Å². The van der Waals surface area contributed by atoms with Crippen molar-refractivity contribution in [1.82, 2.24) is 14.8 Å². The Morgan fingerprint density at radius 3 is 2.43 bits per heavy atom. The predicted octanol–water partition coefficient (Wildman–Crippen LogP) is 5.01. The second-order valence-corrected chi connectivity index (χ2v) is 9.14. The van der Waals surface area contributed by atoms with E-state index in [9.17, 15) is 14.0 Å². The molecular formula is C26H22FN5O2S. The molecule has 2 heterocycles. The first kappa shape index (κ1) is 22.8. The third kappa shape index (κ3) is 4.42. The third-order valence-corrected chi connectivity index (χ3v) is 6.82. The minimum atomic E-state index is -0.306. The monoisotopic (exact) mass is 487 g/mol. The number of hydrogen-bond acceptors (Lipinski definition) is 6. The molecule has 5 rings (SSSR count). The summed E-state index contributed by atoms with van der Waals surface area (Å²) in [6.07, 6.45) is -0.305. The molecule has 1 N–H and O–H groups in total. The maximum absolute atomic E-state index is 13.6.